The first kappa shape index (κ1) is 41.4. The molecule has 0 aliphatic heterocycles. The second-order valence-electron chi connectivity index (χ2n) is 12.0. The molecule has 0 saturated heterocycles. The lowest BCUT2D eigenvalue weighted by atomic mass is 9.67. The van der Waals surface area contributed by atoms with Gasteiger partial charge in [0.05, 0.1) is 0 Å². The van der Waals surface area contributed by atoms with Gasteiger partial charge in [-0.15, -0.1) is 0 Å². The molecule has 0 radical (unpaired) electrons. The zero-order chi connectivity index (χ0) is 39.4. The SMILES string of the molecule is CCCCC(CCCC(c1cc(F)c(OS(=O)(=O)C(F)(F)F)c(F)c1)c1cc(F)c(OS(=O)(=O)C(F)(F)F)c(F)c1)(c1ccccc1)c1ccccc1. The number of hydrogen-bond donors (Lipinski definition) is 0. The summed E-state index contributed by atoms with van der Waals surface area (Å²) in [6.45, 7) is 1.98. The van der Waals surface area contributed by atoms with E-state index in [1.807, 2.05) is 67.6 Å². The predicted octanol–water partition coefficient (Wildman–Crippen LogP) is 10.2. The molecular formula is C35H30F10O6S2. The summed E-state index contributed by atoms with van der Waals surface area (Å²) in [5.41, 5.74) is -12.0. The molecule has 53 heavy (non-hydrogen) atoms. The molecule has 0 amide bonds. The van der Waals surface area contributed by atoms with Crippen molar-refractivity contribution in [1.29, 1.82) is 0 Å². The van der Waals surface area contributed by atoms with Crippen LogP contribution < -0.4 is 8.37 Å². The second-order valence-corrected chi connectivity index (χ2v) is 15.0. The van der Waals surface area contributed by atoms with E-state index in [-0.39, 0.29) is 12.8 Å². The summed E-state index contributed by atoms with van der Waals surface area (Å²) < 4.78 is 191. The van der Waals surface area contributed by atoms with Gasteiger partial charge in [-0.05, 0) is 65.8 Å². The standard InChI is InChI=1S/C35H30F10O6S2/c1-2-3-16-33(24-11-6-4-7-12-24,25-13-8-5-9-14-25)17-10-15-26(22-18-27(36)31(28(37)19-22)50-52(46,47)34(40,41)42)23-20-29(38)32(30(39)21-23)51-53(48,49)35(43,44)45/h4-9,11-14,18-21,26H,2-3,10,15-17H2,1H3. The van der Waals surface area contributed by atoms with E-state index in [0.717, 1.165) is 24.0 Å². The largest absolute Gasteiger partial charge is 0.534 e. The molecule has 0 aliphatic carbocycles. The van der Waals surface area contributed by atoms with Crippen molar-refractivity contribution in [3.05, 3.63) is 130 Å². The van der Waals surface area contributed by atoms with E-state index in [9.17, 15) is 43.2 Å². The lowest BCUT2D eigenvalue weighted by Crippen LogP contribution is -2.29. The van der Waals surface area contributed by atoms with Gasteiger partial charge in [0.2, 0.25) is 11.5 Å². The fourth-order valence-corrected chi connectivity index (χ4v) is 6.98. The number of benzene rings is 4. The zero-order valence-electron chi connectivity index (χ0n) is 27.4. The van der Waals surface area contributed by atoms with Crippen LogP contribution in [-0.4, -0.2) is 27.9 Å². The van der Waals surface area contributed by atoms with Crippen LogP contribution in [-0.2, 0) is 25.7 Å². The molecular weight excluding hydrogens is 770 g/mol. The maximum absolute atomic E-state index is 15.2. The average molecular weight is 801 g/mol. The summed E-state index contributed by atoms with van der Waals surface area (Å²) in [6, 6.07) is 20.0. The van der Waals surface area contributed by atoms with Crippen LogP contribution in [0.1, 0.15) is 73.6 Å². The van der Waals surface area contributed by atoms with Gasteiger partial charge in [-0.1, -0.05) is 86.8 Å². The van der Waals surface area contributed by atoms with Crippen molar-refractivity contribution in [2.75, 3.05) is 0 Å². The fourth-order valence-electron chi connectivity index (χ4n) is 6.03. The highest BCUT2D eigenvalue weighted by atomic mass is 32.2. The summed E-state index contributed by atoms with van der Waals surface area (Å²) in [5.74, 6) is -13.1. The summed E-state index contributed by atoms with van der Waals surface area (Å²) in [5, 5.41) is 0. The number of halogens is 10. The van der Waals surface area contributed by atoms with Crippen molar-refractivity contribution in [2.24, 2.45) is 0 Å². The summed E-state index contributed by atoms with van der Waals surface area (Å²) in [4.78, 5) is 0. The Bertz CT molecular complexity index is 1920. The zero-order valence-corrected chi connectivity index (χ0v) is 29.1. The van der Waals surface area contributed by atoms with Gasteiger partial charge < -0.3 is 8.37 Å². The minimum absolute atomic E-state index is 0.117. The highest BCUT2D eigenvalue weighted by Gasteiger charge is 2.50. The average Bonchev–Trinajstić information content (AvgIpc) is 3.07. The van der Waals surface area contributed by atoms with Gasteiger partial charge in [0.1, 0.15) is 0 Å². The summed E-state index contributed by atoms with van der Waals surface area (Å²) in [6.07, 6.45) is 2.35. The van der Waals surface area contributed by atoms with E-state index >= 15 is 17.6 Å². The summed E-state index contributed by atoms with van der Waals surface area (Å²) in [7, 11) is -13.1. The Kier molecular flexibility index (Phi) is 12.5. The Morgan fingerprint density at radius 3 is 1.23 bits per heavy atom. The van der Waals surface area contributed by atoms with Crippen LogP contribution in [0, 0.1) is 23.3 Å². The van der Waals surface area contributed by atoms with Crippen molar-refractivity contribution in [3.63, 3.8) is 0 Å². The molecule has 0 heterocycles. The van der Waals surface area contributed by atoms with Gasteiger partial charge in [0.15, 0.2) is 23.3 Å². The maximum Gasteiger partial charge on any atom is 0.534 e. The first-order valence-electron chi connectivity index (χ1n) is 15.7. The van der Waals surface area contributed by atoms with Gasteiger partial charge in [-0.3, -0.25) is 0 Å². The highest BCUT2D eigenvalue weighted by Crippen LogP contribution is 2.44. The Hall–Kier alpha value is -4.32. The van der Waals surface area contributed by atoms with Gasteiger partial charge in [-0.2, -0.15) is 43.2 Å². The number of alkyl halides is 6. The van der Waals surface area contributed by atoms with E-state index in [0.29, 0.717) is 37.1 Å². The molecule has 0 aliphatic rings. The molecule has 6 nitrogen and oxygen atoms in total. The molecule has 4 rings (SSSR count). The molecule has 18 heteroatoms. The molecule has 0 unspecified atom stereocenters. The number of unbranched alkanes of at least 4 members (excludes halogenated alkanes) is 1. The van der Waals surface area contributed by atoms with Crippen LogP contribution in [0.3, 0.4) is 0 Å². The number of hydrogen-bond acceptors (Lipinski definition) is 6. The minimum Gasteiger partial charge on any atom is -0.370 e. The van der Waals surface area contributed by atoms with Crippen molar-refractivity contribution >= 4 is 20.2 Å². The van der Waals surface area contributed by atoms with Gasteiger partial charge in [-0.25, -0.2) is 17.6 Å². The topological polar surface area (TPSA) is 86.7 Å². The third kappa shape index (κ3) is 9.26. The van der Waals surface area contributed by atoms with E-state index in [4.69, 9.17) is 0 Å². The van der Waals surface area contributed by atoms with Crippen LogP contribution in [0.2, 0.25) is 0 Å². The monoisotopic (exact) mass is 800 g/mol. The van der Waals surface area contributed by atoms with Gasteiger partial charge >= 0.3 is 31.3 Å². The van der Waals surface area contributed by atoms with E-state index in [1.54, 1.807) is 0 Å². The van der Waals surface area contributed by atoms with Crippen LogP contribution in [0.5, 0.6) is 11.5 Å². The fraction of sp³-hybridized carbons (Fsp3) is 0.314. The first-order chi connectivity index (χ1) is 24.6. The molecule has 0 spiro atoms. The van der Waals surface area contributed by atoms with Crippen molar-refractivity contribution in [3.8, 4) is 11.5 Å². The van der Waals surface area contributed by atoms with Crippen molar-refractivity contribution in [1.82, 2.24) is 0 Å². The molecule has 4 aromatic rings. The van der Waals surface area contributed by atoms with E-state index in [2.05, 4.69) is 8.37 Å². The van der Waals surface area contributed by atoms with Gasteiger partial charge in [0, 0.05) is 11.3 Å². The minimum atomic E-state index is -6.54. The molecule has 288 valence electrons. The quantitative estimate of drug-likeness (QED) is 0.0676. The summed E-state index contributed by atoms with van der Waals surface area (Å²) >= 11 is 0. The molecule has 0 saturated carbocycles. The Labute approximate surface area is 298 Å². The predicted molar refractivity (Wildman–Crippen MR) is 173 cm³/mol. The van der Waals surface area contributed by atoms with Crippen molar-refractivity contribution in [2.45, 2.75) is 67.8 Å². The number of rotatable bonds is 15. The Morgan fingerprint density at radius 1 is 0.566 bits per heavy atom. The lowest BCUT2D eigenvalue weighted by Gasteiger charge is -2.36. The van der Waals surface area contributed by atoms with E-state index in [1.165, 1.54) is 0 Å². The molecule has 0 aromatic heterocycles. The lowest BCUT2D eigenvalue weighted by molar-refractivity contribution is -0.0506. The first-order valence-corrected chi connectivity index (χ1v) is 18.6. The van der Waals surface area contributed by atoms with Gasteiger partial charge in [0.25, 0.3) is 0 Å². The van der Waals surface area contributed by atoms with Crippen molar-refractivity contribution < 1.29 is 69.1 Å². The third-order valence-electron chi connectivity index (χ3n) is 8.51. The Morgan fingerprint density at radius 2 is 0.906 bits per heavy atom. The van der Waals surface area contributed by atoms with E-state index < -0.39 is 88.5 Å². The second kappa shape index (κ2) is 16.0. The van der Waals surface area contributed by atoms with Crippen LogP contribution in [0.15, 0.2) is 84.9 Å². The molecule has 0 N–H and O–H groups in total. The van der Waals surface area contributed by atoms with Crippen LogP contribution in [0.4, 0.5) is 43.9 Å². The Balaban J connectivity index is 1.83. The van der Waals surface area contributed by atoms with Crippen LogP contribution in [0.25, 0.3) is 0 Å². The molecule has 4 aromatic carbocycles. The molecule has 0 atom stereocenters. The highest BCUT2D eigenvalue weighted by molar-refractivity contribution is 7.88. The normalized spacial score (nSPS) is 13.0. The maximum atomic E-state index is 15.2. The van der Waals surface area contributed by atoms with Crippen LogP contribution >= 0.6 is 0 Å². The third-order valence-corrected chi connectivity index (χ3v) is 10.4. The smallest absolute Gasteiger partial charge is 0.370 e. The molecule has 0 fully saturated rings. The molecule has 0 bridgehead atoms.